The molecule has 82 valence electrons. The van der Waals surface area contributed by atoms with E-state index in [0.29, 0.717) is 29.2 Å². The van der Waals surface area contributed by atoms with Crippen LogP contribution < -0.4 is 9.47 Å². The second kappa shape index (κ2) is 4.31. The van der Waals surface area contributed by atoms with Crippen molar-refractivity contribution < 1.29 is 14.6 Å². The van der Waals surface area contributed by atoms with Gasteiger partial charge in [-0.25, -0.2) is 0 Å². The molecule has 0 saturated heterocycles. The van der Waals surface area contributed by atoms with Crippen molar-refractivity contribution in [3.8, 4) is 17.2 Å². The lowest BCUT2D eigenvalue weighted by atomic mass is 10.1. The normalized spacial score (nSPS) is 14.8. The number of phenols is 1. The van der Waals surface area contributed by atoms with Gasteiger partial charge in [-0.15, -0.1) is 0 Å². The van der Waals surface area contributed by atoms with Crippen molar-refractivity contribution in [2.24, 2.45) is 0 Å². The molecule has 0 fully saturated rings. The molecule has 0 atom stereocenters. The largest absolute Gasteiger partial charge is 0.506 e. The molecule has 0 amide bonds. The Morgan fingerprint density at radius 1 is 1.40 bits per heavy atom. The minimum absolute atomic E-state index is 0.252. The molecule has 1 aliphatic rings. The molecule has 0 aliphatic carbocycles. The standard InChI is InChI=1S/C11H13BrO3/c1-2-7-10(13)8(12)6-9-11(7)15-5-3-4-14-9/h6,13H,2-5H2,1H3. The Labute approximate surface area is 97.1 Å². The first kappa shape index (κ1) is 10.6. The van der Waals surface area contributed by atoms with Crippen molar-refractivity contribution in [3.63, 3.8) is 0 Å². The molecule has 2 rings (SSSR count). The number of ether oxygens (including phenoxy) is 2. The first-order chi connectivity index (χ1) is 7.24. The van der Waals surface area contributed by atoms with Crippen molar-refractivity contribution in [2.45, 2.75) is 19.8 Å². The molecule has 1 N–H and O–H groups in total. The average Bonchev–Trinajstić information content (AvgIpc) is 2.45. The Hall–Kier alpha value is -0.900. The lowest BCUT2D eigenvalue weighted by Gasteiger charge is -2.14. The van der Waals surface area contributed by atoms with E-state index in [1.54, 1.807) is 6.07 Å². The van der Waals surface area contributed by atoms with Gasteiger partial charge in [-0.2, -0.15) is 0 Å². The predicted molar refractivity (Wildman–Crippen MR) is 60.8 cm³/mol. The van der Waals surface area contributed by atoms with Crippen LogP contribution in [0.5, 0.6) is 17.2 Å². The number of benzene rings is 1. The van der Waals surface area contributed by atoms with E-state index < -0.39 is 0 Å². The van der Waals surface area contributed by atoms with Gasteiger partial charge in [-0.1, -0.05) is 6.92 Å². The third-order valence-electron chi connectivity index (χ3n) is 2.41. The van der Waals surface area contributed by atoms with Crippen molar-refractivity contribution in [3.05, 3.63) is 16.1 Å². The molecule has 0 aromatic heterocycles. The zero-order valence-electron chi connectivity index (χ0n) is 8.55. The number of aromatic hydroxyl groups is 1. The summed E-state index contributed by atoms with van der Waals surface area (Å²) < 4.78 is 11.8. The molecular weight excluding hydrogens is 260 g/mol. The van der Waals surface area contributed by atoms with Crippen molar-refractivity contribution in [2.75, 3.05) is 13.2 Å². The van der Waals surface area contributed by atoms with E-state index in [4.69, 9.17) is 9.47 Å². The summed E-state index contributed by atoms with van der Waals surface area (Å²) in [4.78, 5) is 0. The van der Waals surface area contributed by atoms with Crippen LogP contribution in [0.3, 0.4) is 0 Å². The van der Waals surface area contributed by atoms with Gasteiger partial charge >= 0.3 is 0 Å². The minimum atomic E-state index is 0.252. The van der Waals surface area contributed by atoms with Gasteiger partial charge in [0, 0.05) is 18.1 Å². The Morgan fingerprint density at radius 3 is 2.87 bits per heavy atom. The van der Waals surface area contributed by atoms with Crippen LogP contribution in [0.1, 0.15) is 18.9 Å². The second-order valence-electron chi connectivity index (χ2n) is 3.42. The zero-order valence-corrected chi connectivity index (χ0v) is 10.1. The summed E-state index contributed by atoms with van der Waals surface area (Å²) in [7, 11) is 0. The van der Waals surface area contributed by atoms with E-state index in [-0.39, 0.29) is 5.75 Å². The molecule has 0 radical (unpaired) electrons. The Balaban J connectivity index is 2.56. The molecule has 3 nitrogen and oxygen atoms in total. The fourth-order valence-electron chi connectivity index (χ4n) is 1.66. The maximum atomic E-state index is 9.86. The average molecular weight is 273 g/mol. The van der Waals surface area contributed by atoms with Crippen molar-refractivity contribution >= 4 is 15.9 Å². The Kier molecular flexibility index (Phi) is 3.05. The van der Waals surface area contributed by atoms with Gasteiger partial charge in [0.05, 0.1) is 17.7 Å². The highest BCUT2D eigenvalue weighted by atomic mass is 79.9. The van der Waals surface area contributed by atoms with Crippen LogP contribution in [0.2, 0.25) is 0 Å². The smallest absolute Gasteiger partial charge is 0.168 e. The summed E-state index contributed by atoms with van der Waals surface area (Å²) in [6.07, 6.45) is 1.59. The fourth-order valence-corrected chi connectivity index (χ4v) is 2.11. The van der Waals surface area contributed by atoms with E-state index in [1.807, 2.05) is 6.92 Å². The van der Waals surface area contributed by atoms with Gasteiger partial charge in [0.15, 0.2) is 11.5 Å². The molecule has 1 heterocycles. The SMILES string of the molecule is CCc1c(O)c(Br)cc2c1OCCCO2. The molecule has 0 bridgehead atoms. The fraction of sp³-hybridized carbons (Fsp3) is 0.455. The molecule has 0 unspecified atom stereocenters. The second-order valence-corrected chi connectivity index (χ2v) is 4.27. The number of rotatable bonds is 1. The van der Waals surface area contributed by atoms with E-state index in [9.17, 15) is 5.11 Å². The number of hydrogen-bond donors (Lipinski definition) is 1. The van der Waals surface area contributed by atoms with Crippen LogP contribution in [0.15, 0.2) is 10.5 Å². The molecule has 1 aromatic carbocycles. The molecule has 1 aliphatic heterocycles. The number of fused-ring (bicyclic) bond motifs is 1. The number of halogens is 1. The number of phenolic OH excluding ortho intramolecular Hbond substituents is 1. The maximum Gasteiger partial charge on any atom is 0.168 e. The van der Waals surface area contributed by atoms with Gasteiger partial charge < -0.3 is 14.6 Å². The summed E-state index contributed by atoms with van der Waals surface area (Å²) >= 11 is 3.31. The van der Waals surface area contributed by atoms with Gasteiger partial charge in [-0.3, -0.25) is 0 Å². The highest BCUT2D eigenvalue weighted by Gasteiger charge is 2.19. The van der Waals surface area contributed by atoms with Gasteiger partial charge in [0.1, 0.15) is 5.75 Å². The molecule has 15 heavy (non-hydrogen) atoms. The minimum Gasteiger partial charge on any atom is -0.506 e. The maximum absolute atomic E-state index is 9.86. The number of hydrogen-bond acceptors (Lipinski definition) is 3. The van der Waals surface area contributed by atoms with Crippen molar-refractivity contribution in [1.82, 2.24) is 0 Å². The quantitative estimate of drug-likeness (QED) is 0.855. The van der Waals surface area contributed by atoms with E-state index in [2.05, 4.69) is 15.9 Å². The summed E-state index contributed by atoms with van der Waals surface area (Å²) in [5.41, 5.74) is 0.807. The zero-order chi connectivity index (χ0) is 10.8. The van der Waals surface area contributed by atoms with Crippen molar-refractivity contribution in [1.29, 1.82) is 0 Å². The van der Waals surface area contributed by atoms with Gasteiger partial charge in [0.2, 0.25) is 0 Å². The Morgan fingerprint density at radius 2 is 2.13 bits per heavy atom. The molecular formula is C11H13BrO3. The third-order valence-corrected chi connectivity index (χ3v) is 3.02. The summed E-state index contributed by atoms with van der Waals surface area (Å²) in [6.45, 7) is 3.28. The molecule has 4 heteroatoms. The highest BCUT2D eigenvalue weighted by molar-refractivity contribution is 9.10. The Bertz CT molecular complexity index is 377. The van der Waals surface area contributed by atoms with E-state index >= 15 is 0 Å². The predicted octanol–water partition coefficient (Wildman–Crippen LogP) is 2.88. The third kappa shape index (κ3) is 1.91. The van der Waals surface area contributed by atoms with Crippen LogP contribution in [-0.4, -0.2) is 18.3 Å². The van der Waals surface area contributed by atoms with E-state index in [1.165, 1.54) is 0 Å². The topological polar surface area (TPSA) is 38.7 Å². The highest BCUT2D eigenvalue weighted by Crippen LogP contribution is 2.43. The van der Waals surface area contributed by atoms with Crippen LogP contribution in [0, 0.1) is 0 Å². The first-order valence-corrected chi connectivity index (χ1v) is 5.83. The van der Waals surface area contributed by atoms with Crippen LogP contribution in [-0.2, 0) is 6.42 Å². The first-order valence-electron chi connectivity index (χ1n) is 5.04. The molecule has 0 spiro atoms. The lowest BCUT2D eigenvalue weighted by molar-refractivity contribution is 0.296. The van der Waals surface area contributed by atoms with Crippen LogP contribution in [0.25, 0.3) is 0 Å². The molecule has 1 aromatic rings. The van der Waals surface area contributed by atoms with Crippen LogP contribution >= 0.6 is 15.9 Å². The van der Waals surface area contributed by atoms with Gasteiger partial charge in [0.25, 0.3) is 0 Å². The van der Waals surface area contributed by atoms with Crippen LogP contribution in [0.4, 0.5) is 0 Å². The lowest BCUT2D eigenvalue weighted by Crippen LogP contribution is -1.98. The summed E-state index contributed by atoms with van der Waals surface area (Å²) in [5, 5.41) is 9.86. The van der Waals surface area contributed by atoms with E-state index in [0.717, 1.165) is 18.4 Å². The summed E-state index contributed by atoms with van der Waals surface area (Å²) in [6, 6.07) is 1.76. The van der Waals surface area contributed by atoms with Gasteiger partial charge in [-0.05, 0) is 22.4 Å². The monoisotopic (exact) mass is 272 g/mol. The molecule has 0 saturated carbocycles. The summed E-state index contributed by atoms with van der Waals surface area (Å²) in [5.74, 6) is 1.66.